The second kappa shape index (κ2) is 11.0. The first-order chi connectivity index (χ1) is 19.1. The van der Waals surface area contributed by atoms with Gasteiger partial charge in [0, 0.05) is 67.6 Å². The number of benzene rings is 1. The quantitative estimate of drug-likeness (QED) is 0.419. The summed E-state index contributed by atoms with van der Waals surface area (Å²) >= 11 is 0. The smallest absolute Gasteiger partial charge is 0.253 e. The van der Waals surface area contributed by atoms with E-state index in [-0.39, 0.29) is 11.1 Å². The molecule has 0 spiro atoms. The molecule has 1 aromatic carbocycles. The maximum atomic E-state index is 13.4. The van der Waals surface area contributed by atoms with Crippen molar-refractivity contribution in [3.8, 4) is 0 Å². The van der Waals surface area contributed by atoms with Crippen LogP contribution in [0.3, 0.4) is 0 Å². The second-order valence-electron chi connectivity index (χ2n) is 11.8. The number of amides is 1. The Hall–Kier alpha value is -3.17. The van der Waals surface area contributed by atoms with Crippen LogP contribution in [0.1, 0.15) is 78.7 Å². The zero-order valence-corrected chi connectivity index (χ0v) is 24.8. The van der Waals surface area contributed by atoms with Crippen LogP contribution in [0.5, 0.6) is 0 Å². The summed E-state index contributed by atoms with van der Waals surface area (Å²) < 4.78 is 7.34. The van der Waals surface area contributed by atoms with Crippen molar-refractivity contribution in [3.05, 3.63) is 56.6 Å². The molecule has 216 valence electrons. The van der Waals surface area contributed by atoms with Crippen molar-refractivity contribution in [1.29, 1.82) is 0 Å². The first kappa shape index (κ1) is 28.4. The number of anilines is 1. The molecule has 0 unspecified atom stereocenters. The molecular formula is C31H44N6O3. The molecule has 9 heteroatoms. The van der Waals surface area contributed by atoms with Crippen LogP contribution >= 0.6 is 0 Å². The van der Waals surface area contributed by atoms with Gasteiger partial charge in [0.05, 0.1) is 23.5 Å². The van der Waals surface area contributed by atoms with E-state index in [1.54, 1.807) is 11.8 Å². The molecule has 0 atom stereocenters. The number of ether oxygens (including phenoxy) is 1. The fourth-order valence-corrected chi connectivity index (χ4v) is 7.16. The molecule has 2 aromatic heterocycles. The van der Waals surface area contributed by atoms with Gasteiger partial charge in [0.25, 0.3) is 5.56 Å². The number of methoxy groups -OCH3 is 1. The van der Waals surface area contributed by atoms with Crippen molar-refractivity contribution in [3.63, 3.8) is 0 Å². The van der Waals surface area contributed by atoms with E-state index in [4.69, 9.17) is 10.5 Å². The molecule has 9 nitrogen and oxygen atoms in total. The van der Waals surface area contributed by atoms with Crippen molar-refractivity contribution >= 4 is 22.5 Å². The number of H-pyrrole nitrogens is 1. The lowest BCUT2D eigenvalue weighted by atomic mass is 9.74. The van der Waals surface area contributed by atoms with E-state index in [0.29, 0.717) is 30.7 Å². The Morgan fingerprint density at radius 3 is 2.48 bits per heavy atom. The van der Waals surface area contributed by atoms with E-state index >= 15 is 0 Å². The highest BCUT2D eigenvalue weighted by molar-refractivity contribution is 6.04. The fraction of sp³-hybridized carbons (Fsp3) is 0.581. The Balaban J connectivity index is 1.66. The van der Waals surface area contributed by atoms with Crippen LogP contribution < -0.4 is 16.2 Å². The minimum Gasteiger partial charge on any atom is -0.379 e. The van der Waals surface area contributed by atoms with Crippen molar-refractivity contribution in [1.82, 2.24) is 19.7 Å². The Labute approximate surface area is 236 Å². The summed E-state index contributed by atoms with van der Waals surface area (Å²) in [6.07, 6.45) is 7.96. The van der Waals surface area contributed by atoms with Gasteiger partial charge in [-0.1, -0.05) is 13.8 Å². The molecule has 1 saturated heterocycles. The molecule has 1 aliphatic carbocycles. The van der Waals surface area contributed by atoms with Crippen LogP contribution in [-0.2, 0) is 24.8 Å². The summed E-state index contributed by atoms with van der Waals surface area (Å²) in [6, 6.07) is 4.46. The molecule has 0 radical (unpaired) electrons. The van der Waals surface area contributed by atoms with Gasteiger partial charge in [0.15, 0.2) is 0 Å². The fourth-order valence-electron chi connectivity index (χ4n) is 7.16. The van der Waals surface area contributed by atoms with Gasteiger partial charge in [0.2, 0.25) is 5.91 Å². The lowest BCUT2D eigenvalue weighted by Gasteiger charge is -2.53. The zero-order valence-electron chi connectivity index (χ0n) is 24.8. The number of aromatic nitrogens is 3. The Morgan fingerprint density at radius 2 is 1.90 bits per heavy atom. The van der Waals surface area contributed by atoms with E-state index in [2.05, 4.69) is 33.7 Å². The van der Waals surface area contributed by atoms with Crippen LogP contribution in [0.4, 0.5) is 5.69 Å². The summed E-state index contributed by atoms with van der Waals surface area (Å²) in [4.78, 5) is 34.2. The summed E-state index contributed by atoms with van der Waals surface area (Å²) in [5.41, 5.74) is 11.6. The third-order valence-corrected chi connectivity index (χ3v) is 9.67. The lowest BCUT2D eigenvalue weighted by molar-refractivity contribution is -0.0609. The van der Waals surface area contributed by atoms with E-state index in [0.717, 1.165) is 84.2 Å². The zero-order chi connectivity index (χ0) is 28.8. The number of hydrogen-bond acceptors (Lipinski definition) is 6. The number of likely N-dealkylation sites (tertiary alicyclic amines) is 1. The number of nitrogens with zero attached hydrogens (tertiary/aromatic N) is 4. The van der Waals surface area contributed by atoms with Gasteiger partial charge in [0.1, 0.15) is 0 Å². The Kier molecular flexibility index (Phi) is 7.81. The highest BCUT2D eigenvalue weighted by atomic mass is 16.5. The Bertz CT molecular complexity index is 1460. The number of rotatable bonds is 9. The number of hydrogen-bond donors (Lipinski definition) is 2. The lowest BCUT2D eigenvalue weighted by Crippen LogP contribution is -2.60. The normalized spacial score (nSPS) is 22.0. The minimum atomic E-state index is -0.440. The minimum absolute atomic E-state index is 0.0554. The summed E-state index contributed by atoms with van der Waals surface area (Å²) in [5.74, 6) is -0.440. The van der Waals surface area contributed by atoms with Crippen LogP contribution in [0, 0.1) is 13.8 Å². The topological polar surface area (TPSA) is 109 Å². The van der Waals surface area contributed by atoms with Gasteiger partial charge >= 0.3 is 0 Å². The molecule has 40 heavy (non-hydrogen) atoms. The largest absolute Gasteiger partial charge is 0.379 e. The number of carbonyl (C=O) groups excluding carboxylic acids is 1. The monoisotopic (exact) mass is 548 g/mol. The van der Waals surface area contributed by atoms with Gasteiger partial charge in [-0.2, -0.15) is 5.10 Å². The highest BCUT2D eigenvalue weighted by Crippen LogP contribution is 2.46. The van der Waals surface area contributed by atoms with E-state index in [1.165, 1.54) is 0 Å². The predicted molar refractivity (Wildman–Crippen MR) is 159 cm³/mol. The average Bonchev–Trinajstić information content (AvgIpc) is 3.27. The first-order valence-electron chi connectivity index (χ1n) is 14.6. The van der Waals surface area contributed by atoms with Gasteiger partial charge in [-0.05, 0) is 75.6 Å². The molecule has 1 amide bonds. The molecule has 3 aromatic rings. The number of fused-ring (bicyclic) bond motifs is 1. The maximum Gasteiger partial charge on any atom is 0.253 e. The molecule has 3 heterocycles. The van der Waals surface area contributed by atoms with Crippen LogP contribution in [0.2, 0.25) is 0 Å². The molecule has 5 rings (SSSR count). The van der Waals surface area contributed by atoms with Crippen LogP contribution in [-0.4, -0.2) is 63.5 Å². The molecule has 1 saturated carbocycles. The summed E-state index contributed by atoms with van der Waals surface area (Å²) in [5, 5.41) is 5.57. The number of pyridine rings is 1. The predicted octanol–water partition coefficient (Wildman–Crippen LogP) is 3.97. The molecule has 0 bridgehead atoms. The number of aromatic amines is 1. The third kappa shape index (κ3) is 4.83. The number of aryl methyl sites for hydroxylation is 3. The summed E-state index contributed by atoms with van der Waals surface area (Å²) in [6.45, 7) is 10.7. The number of carbonyl (C=O) groups is 1. The van der Waals surface area contributed by atoms with Crippen molar-refractivity contribution < 1.29 is 9.53 Å². The van der Waals surface area contributed by atoms with Crippen molar-refractivity contribution in [2.75, 3.05) is 25.1 Å². The van der Waals surface area contributed by atoms with Gasteiger partial charge in [-0.25, -0.2) is 0 Å². The van der Waals surface area contributed by atoms with Gasteiger partial charge < -0.3 is 20.4 Å². The van der Waals surface area contributed by atoms with Gasteiger partial charge in [-0.15, -0.1) is 0 Å². The van der Waals surface area contributed by atoms with Crippen LogP contribution in [0.15, 0.2) is 23.1 Å². The standard InChI is InChI=1S/C31H44N6O3/c1-7-23-24(29(32)38)14-27-25(15-33-35(27)5)28(23)37(18-26-19(3)13-20(4)34-30(26)39)31(8-2)11-9-21(10-12-31)36-16-22(17-36)40-6/h13-15,21-22H,7-12,16-18H2,1-6H3,(H2,32,38)(H,34,39). The third-order valence-electron chi connectivity index (χ3n) is 9.67. The summed E-state index contributed by atoms with van der Waals surface area (Å²) in [7, 11) is 3.69. The molecule has 2 fully saturated rings. The van der Waals surface area contributed by atoms with E-state index in [9.17, 15) is 9.59 Å². The molecular weight excluding hydrogens is 504 g/mol. The van der Waals surface area contributed by atoms with Gasteiger partial charge in [-0.3, -0.25) is 19.2 Å². The van der Waals surface area contributed by atoms with Crippen molar-refractivity contribution in [2.45, 2.75) is 90.4 Å². The second-order valence-corrected chi connectivity index (χ2v) is 11.8. The molecule has 2 aliphatic rings. The average molecular weight is 549 g/mol. The number of nitrogens with two attached hydrogens (primary N) is 1. The first-order valence-corrected chi connectivity index (χ1v) is 14.6. The molecule has 3 N–H and O–H groups in total. The Morgan fingerprint density at radius 1 is 1.20 bits per heavy atom. The highest BCUT2D eigenvalue weighted by Gasteiger charge is 2.44. The van der Waals surface area contributed by atoms with Crippen LogP contribution in [0.25, 0.3) is 10.9 Å². The maximum absolute atomic E-state index is 13.4. The van der Waals surface area contributed by atoms with E-state index in [1.807, 2.05) is 39.2 Å². The van der Waals surface area contributed by atoms with E-state index < -0.39 is 5.91 Å². The van der Waals surface area contributed by atoms with Crippen molar-refractivity contribution in [2.24, 2.45) is 12.8 Å². The number of primary amides is 1. The SMILES string of the molecule is CCc1c(C(N)=O)cc2c(cnn2C)c1N(Cc1c(C)cc(C)[nH]c1=O)C1(CC)CCC(N2CC(OC)C2)CC1. The number of nitrogens with one attached hydrogen (secondary N) is 1. The molecule has 1 aliphatic heterocycles.